The lowest BCUT2D eigenvalue weighted by atomic mass is 10.1. The molecule has 27 heavy (non-hydrogen) atoms. The van der Waals surface area contributed by atoms with Gasteiger partial charge in [-0.05, 0) is 60.1 Å². The average Bonchev–Trinajstić information content (AvgIpc) is 3.26. The van der Waals surface area contributed by atoms with Crippen molar-refractivity contribution in [2.45, 2.75) is 38.6 Å². The Bertz CT molecular complexity index is 985. The number of nitrogens with one attached hydrogen (secondary N) is 1. The molecular formula is C21H24N2O3S. The molecular weight excluding hydrogens is 360 g/mol. The van der Waals surface area contributed by atoms with E-state index in [1.807, 2.05) is 37.3 Å². The summed E-state index contributed by atoms with van der Waals surface area (Å²) < 4.78 is 26.2. The van der Waals surface area contributed by atoms with Crippen LogP contribution >= 0.6 is 0 Å². The maximum atomic E-state index is 12.8. The maximum absolute atomic E-state index is 12.8. The fourth-order valence-corrected chi connectivity index (χ4v) is 5.91. The summed E-state index contributed by atoms with van der Waals surface area (Å²) in [6.45, 7) is 2.27. The van der Waals surface area contributed by atoms with Gasteiger partial charge in [0.15, 0.2) is 0 Å². The molecule has 2 aromatic carbocycles. The van der Waals surface area contributed by atoms with Crippen LogP contribution in [0.4, 0.5) is 5.69 Å². The summed E-state index contributed by atoms with van der Waals surface area (Å²) in [6, 6.07) is 13.7. The number of fused-ring (bicyclic) bond motifs is 3. The molecule has 0 saturated carbocycles. The number of nitrogens with zero attached hydrogens (tertiary/aromatic N) is 1. The first kappa shape index (κ1) is 18.2. The van der Waals surface area contributed by atoms with Gasteiger partial charge in [0.2, 0.25) is 15.9 Å². The lowest BCUT2D eigenvalue weighted by molar-refractivity contribution is -0.119. The number of rotatable bonds is 5. The molecule has 1 saturated heterocycles. The zero-order valence-electron chi connectivity index (χ0n) is 15.4. The van der Waals surface area contributed by atoms with Gasteiger partial charge in [0.1, 0.15) is 6.04 Å². The van der Waals surface area contributed by atoms with Crippen molar-refractivity contribution in [3.8, 4) is 11.1 Å². The molecule has 1 unspecified atom stereocenters. The van der Waals surface area contributed by atoms with Gasteiger partial charge in [-0.2, -0.15) is 4.31 Å². The predicted molar refractivity (Wildman–Crippen MR) is 107 cm³/mol. The van der Waals surface area contributed by atoms with Gasteiger partial charge in [-0.1, -0.05) is 37.3 Å². The number of anilines is 1. The predicted octanol–water partition coefficient (Wildman–Crippen LogP) is 3.40. The Morgan fingerprint density at radius 3 is 2.74 bits per heavy atom. The van der Waals surface area contributed by atoms with Gasteiger partial charge in [-0.15, -0.1) is 0 Å². The van der Waals surface area contributed by atoms with E-state index in [0.29, 0.717) is 19.4 Å². The summed E-state index contributed by atoms with van der Waals surface area (Å²) in [5, 5.41) is 2.94. The van der Waals surface area contributed by atoms with Crippen LogP contribution in [-0.4, -0.2) is 37.0 Å². The van der Waals surface area contributed by atoms with Crippen molar-refractivity contribution in [2.75, 3.05) is 17.6 Å². The molecule has 0 bridgehead atoms. The van der Waals surface area contributed by atoms with Gasteiger partial charge in [0.05, 0.1) is 5.75 Å². The highest BCUT2D eigenvalue weighted by Gasteiger charge is 2.38. The summed E-state index contributed by atoms with van der Waals surface area (Å²) in [5.41, 5.74) is 5.67. The fourth-order valence-electron chi connectivity index (χ4n) is 4.16. The van der Waals surface area contributed by atoms with E-state index in [1.165, 1.54) is 26.6 Å². The monoisotopic (exact) mass is 384 g/mol. The molecule has 0 aromatic heterocycles. The first-order chi connectivity index (χ1) is 13.0. The van der Waals surface area contributed by atoms with Crippen LogP contribution < -0.4 is 5.32 Å². The zero-order valence-corrected chi connectivity index (χ0v) is 16.3. The highest BCUT2D eigenvalue weighted by atomic mass is 32.2. The van der Waals surface area contributed by atoms with Crippen molar-refractivity contribution in [3.63, 3.8) is 0 Å². The van der Waals surface area contributed by atoms with E-state index in [4.69, 9.17) is 0 Å². The Morgan fingerprint density at radius 1 is 1.15 bits per heavy atom. The molecule has 2 aliphatic rings. The third-order valence-electron chi connectivity index (χ3n) is 5.39. The third kappa shape index (κ3) is 3.39. The molecule has 1 heterocycles. The number of carbonyl (C=O) groups is 1. The summed E-state index contributed by atoms with van der Waals surface area (Å²) in [4.78, 5) is 12.8. The third-order valence-corrected chi connectivity index (χ3v) is 7.46. The maximum Gasteiger partial charge on any atom is 0.242 e. The van der Waals surface area contributed by atoms with Gasteiger partial charge in [-0.25, -0.2) is 8.42 Å². The van der Waals surface area contributed by atoms with E-state index in [1.54, 1.807) is 0 Å². The minimum absolute atomic E-state index is 0.0912. The molecule has 1 atom stereocenters. The van der Waals surface area contributed by atoms with Crippen LogP contribution in [0.2, 0.25) is 0 Å². The van der Waals surface area contributed by atoms with Crippen LogP contribution in [0.15, 0.2) is 42.5 Å². The highest BCUT2D eigenvalue weighted by Crippen LogP contribution is 2.37. The second-order valence-corrected chi connectivity index (χ2v) is 9.32. The smallest absolute Gasteiger partial charge is 0.242 e. The number of sulfonamides is 1. The van der Waals surface area contributed by atoms with Gasteiger partial charge in [-0.3, -0.25) is 4.79 Å². The average molecular weight is 385 g/mol. The number of amides is 1. The highest BCUT2D eigenvalue weighted by molar-refractivity contribution is 7.89. The Morgan fingerprint density at radius 2 is 1.93 bits per heavy atom. The van der Waals surface area contributed by atoms with Gasteiger partial charge in [0.25, 0.3) is 0 Å². The second-order valence-electron chi connectivity index (χ2n) is 7.28. The summed E-state index contributed by atoms with van der Waals surface area (Å²) in [7, 11) is -3.37. The lowest BCUT2D eigenvalue weighted by Crippen LogP contribution is -2.44. The van der Waals surface area contributed by atoms with Crippen molar-refractivity contribution < 1.29 is 13.2 Å². The zero-order chi connectivity index (χ0) is 19.0. The molecule has 6 heteroatoms. The van der Waals surface area contributed by atoms with Crippen molar-refractivity contribution >= 4 is 21.6 Å². The van der Waals surface area contributed by atoms with Gasteiger partial charge >= 0.3 is 0 Å². The van der Waals surface area contributed by atoms with Gasteiger partial charge < -0.3 is 5.32 Å². The first-order valence-electron chi connectivity index (χ1n) is 9.51. The molecule has 0 radical (unpaired) electrons. The quantitative estimate of drug-likeness (QED) is 0.733. The number of benzene rings is 2. The van der Waals surface area contributed by atoms with E-state index in [0.717, 1.165) is 18.5 Å². The first-order valence-corrected chi connectivity index (χ1v) is 11.1. The lowest BCUT2D eigenvalue weighted by Gasteiger charge is -2.23. The van der Waals surface area contributed by atoms with Crippen LogP contribution in [0, 0.1) is 0 Å². The molecule has 0 spiro atoms. The SMILES string of the molecule is CCCS(=O)(=O)N1CCCC1C(=O)Nc1ccc2c(c1)Cc1ccccc1-2. The fraction of sp³-hybridized carbons (Fsp3) is 0.381. The van der Waals surface area contributed by atoms with E-state index in [-0.39, 0.29) is 11.7 Å². The van der Waals surface area contributed by atoms with E-state index < -0.39 is 16.1 Å². The van der Waals surface area contributed by atoms with E-state index >= 15 is 0 Å². The van der Waals surface area contributed by atoms with Crippen molar-refractivity contribution in [3.05, 3.63) is 53.6 Å². The Kier molecular flexibility index (Phi) is 4.78. The summed E-state index contributed by atoms with van der Waals surface area (Å²) in [5.74, 6) is -0.143. The number of hydrogen-bond donors (Lipinski definition) is 1. The van der Waals surface area contributed by atoms with Gasteiger partial charge in [0, 0.05) is 12.2 Å². The van der Waals surface area contributed by atoms with Crippen molar-refractivity contribution in [1.82, 2.24) is 4.31 Å². The Balaban J connectivity index is 1.52. The second kappa shape index (κ2) is 7.09. The molecule has 1 N–H and O–H groups in total. The molecule has 1 aliphatic heterocycles. The minimum Gasteiger partial charge on any atom is -0.325 e. The topological polar surface area (TPSA) is 66.5 Å². The van der Waals surface area contributed by atoms with Crippen LogP contribution in [0.1, 0.15) is 37.3 Å². The molecule has 1 aliphatic carbocycles. The van der Waals surface area contributed by atoms with Crippen LogP contribution in [0.5, 0.6) is 0 Å². The Labute approximate surface area is 160 Å². The van der Waals surface area contributed by atoms with Crippen LogP contribution in [0.25, 0.3) is 11.1 Å². The minimum atomic E-state index is -3.37. The number of carbonyl (C=O) groups excluding carboxylic acids is 1. The molecule has 1 amide bonds. The largest absolute Gasteiger partial charge is 0.325 e. The molecule has 4 rings (SSSR count). The molecule has 1 fully saturated rings. The Hall–Kier alpha value is -2.18. The van der Waals surface area contributed by atoms with E-state index in [2.05, 4.69) is 17.4 Å². The summed E-state index contributed by atoms with van der Waals surface area (Å²) >= 11 is 0. The van der Waals surface area contributed by atoms with Crippen LogP contribution in [0.3, 0.4) is 0 Å². The molecule has 142 valence electrons. The van der Waals surface area contributed by atoms with Crippen molar-refractivity contribution in [1.29, 1.82) is 0 Å². The normalized spacial score (nSPS) is 18.9. The molecule has 2 aromatic rings. The standard InChI is InChI=1S/C21H24N2O3S/c1-2-12-27(25,26)23-11-5-8-20(23)21(24)22-17-9-10-19-16(14-17)13-15-6-3-4-7-18(15)19/h3-4,6-7,9-10,14,20H,2,5,8,11-13H2,1H3,(H,22,24). The van der Waals surface area contributed by atoms with Crippen LogP contribution in [-0.2, 0) is 21.2 Å². The summed E-state index contributed by atoms with van der Waals surface area (Å²) in [6.07, 6.45) is 2.71. The molecule has 5 nitrogen and oxygen atoms in total. The number of hydrogen-bond acceptors (Lipinski definition) is 3. The van der Waals surface area contributed by atoms with Crippen molar-refractivity contribution in [2.24, 2.45) is 0 Å². The van der Waals surface area contributed by atoms with E-state index in [9.17, 15) is 13.2 Å².